The van der Waals surface area contributed by atoms with Gasteiger partial charge in [0.1, 0.15) is 6.04 Å². The SMILES string of the molecule is CC1CCCC(N2CC(=O)NC(C3CC3)C2=O)C1. The molecule has 3 aliphatic rings. The highest BCUT2D eigenvalue weighted by Crippen LogP contribution is 2.36. The summed E-state index contributed by atoms with van der Waals surface area (Å²) < 4.78 is 0. The van der Waals surface area contributed by atoms with E-state index in [-0.39, 0.29) is 24.4 Å². The molecule has 2 saturated carbocycles. The van der Waals surface area contributed by atoms with Crippen LogP contribution in [0.15, 0.2) is 0 Å². The second-order valence-electron chi connectivity index (χ2n) is 6.27. The molecule has 0 aromatic carbocycles. The van der Waals surface area contributed by atoms with Gasteiger partial charge in [0.25, 0.3) is 0 Å². The van der Waals surface area contributed by atoms with Crippen molar-refractivity contribution in [3.05, 3.63) is 0 Å². The minimum atomic E-state index is -0.219. The first-order chi connectivity index (χ1) is 8.65. The van der Waals surface area contributed by atoms with Crippen LogP contribution in [0, 0.1) is 11.8 Å². The third-order valence-corrected chi connectivity index (χ3v) is 4.62. The topological polar surface area (TPSA) is 49.4 Å². The molecule has 2 aliphatic carbocycles. The van der Waals surface area contributed by atoms with E-state index in [4.69, 9.17) is 0 Å². The van der Waals surface area contributed by atoms with Crippen LogP contribution in [0.3, 0.4) is 0 Å². The zero-order chi connectivity index (χ0) is 12.7. The summed E-state index contributed by atoms with van der Waals surface area (Å²) in [6.45, 7) is 2.53. The first kappa shape index (κ1) is 12.0. The summed E-state index contributed by atoms with van der Waals surface area (Å²) in [6.07, 6.45) is 6.76. The van der Waals surface area contributed by atoms with Gasteiger partial charge in [-0.05, 0) is 37.5 Å². The Morgan fingerprint density at radius 3 is 2.61 bits per heavy atom. The van der Waals surface area contributed by atoms with E-state index in [0.29, 0.717) is 17.9 Å². The number of rotatable bonds is 2. The number of hydrogen-bond acceptors (Lipinski definition) is 2. The highest BCUT2D eigenvalue weighted by Gasteiger charge is 2.44. The highest BCUT2D eigenvalue weighted by atomic mass is 16.2. The van der Waals surface area contributed by atoms with E-state index >= 15 is 0 Å². The molecule has 0 bridgehead atoms. The highest BCUT2D eigenvalue weighted by molar-refractivity contribution is 5.95. The summed E-state index contributed by atoms with van der Waals surface area (Å²) in [6, 6.07) is 0.0806. The largest absolute Gasteiger partial charge is 0.342 e. The van der Waals surface area contributed by atoms with Crippen molar-refractivity contribution in [1.29, 1.82) is 0 Å². The predicted octanol–water partition coefficient (Wildman–Crippen LogP) is 1.30. The van der Waals surface area contributed by atoms with Crippen LogP contribution in [0.4, 0.5) is 0 Å². The number of carbonyl (C=O) groups is 2. The molecule has 1 heterocycles. The zero-order valence-corrected chi connectivity index (χ0v) is 11.0. The van der Waals surface area contributed by atoms with Gasteiger partial charge in [-0.1, -0.05) is 19.8 Å². The Morgan fingerprint density at radius 2 is 1.94 bits per heavy atom. The summed E-state index contributed by atoms with van der Waals surface area (Å²) in [7, 11) is 0. The van der Waals surface area contributed by atoms with Crippen molar-refractivity contribution >= 4 is 11.8 Å². The van der Waals surface area contributed by atoms with Crippen LogP contribution in [-0.4, -0.2) is 35.3 Å². The number of nitrogens with zero attached hydrogens (tertiary/aromatic N) is 1. The van der Waals surface area contributed by atoms with Gasteiger partial charge < -0.3 is 10.2 Å². The average molecular weight is 250 g/mol. The van der Waals surface area contributed by atoms with Crippen molar-refractivity contribution in [1.82, 2.24) is 10.2 Å². The van der Waals surface area contributed by atoms with Gasteiger partial charge in [-0.25, -0.2) is 0 Å². The zero-order valence-electron chi connectivity index (χ0n) is 11.0. The fourth-order valence-corrected chi connectivity index (χ4v) is 3.44. The Labute approximate surface area is 108 Å². The van der Waals surface area contributed by atoms with Crippen LogP contribution in [0.1, 0.15) is 45.4 Å². The van der Waals surface area contributed by atoms with Gasteiger partial charge in [0.05, 0.1) is 6.54 Å². The first-order valence-corrected chi connectivity index (χ1v) is 7.25. The molecule has 3 atom stereocenters. The second kappa shape index (κ2) is 4.56. The van der Waals surface area contributed by atoms with Gasteiger partial charge in [-0.2, -0.15) is 0 Å². The lowest BCUT2D eigenvalue weighted by Gasteiger charge is -2.41. The third kappa shape index (κ3) is 2.25. The first-order valence-electron chi connectivity index (χ1n) is 7.25. The monoisotopic (exact) mass is 250 g/mol. The lowest BCUT2D eigenvalue weighted by atomic mass is 9.85. The maximum atomic E-state index is 12.5. The molecule has 1 N–H and O–H groups in total. The van der Waals surface area contributed by atoms with Crippen molar-refractivity contribution in [2.45, 2.75) is 57.5 Å². The quantitative estimate of drug-likeness (QED) is 0.803. The molecule has 0 spiro atoms. The number of piperazine rings is 1. The lowest BCUT2D eigenvalue weighted by Crippen LogP contribution is -2.61. The van der Waals surface area contributed by atoms with E-state index in [9.17, 15) is 9.59 Å². The molecule has 2 amide bonds. The smallest absolute Gasteiger partial charge is 0.246 e. The minimum Gasteiger partial charge on any atom is -0.342 e. The Bertz CT molecular complexity index is 365. The number of carbonyl (C=O) groups excluding carboxylic acids is 2. The molecule has 3 rings (SSSR count). The molecule has 3 fully saturated rings. The lowest BCUT2D eigenvalue weighted by molar-refractivity contribution is -0.148. The summed E-state index contributed by atoms with van der Waals surface area (Å²) in [5.41, 5.74) is 0. The van der Waals surface area contributed by atoms with Crippen LogP contribution < -0.4 is 5.32 Å². The van der Waals surface area contributed by atoms with Crippen molar-refractivity contribution in [2.75, 3.05) is 6.54 Å². The number of hydrogen-bond donors (Lipinski definition) is 1. The van der Waals surface area contributed by atoms with Gasteiger partial charge in [0.2, 0.25) is 11.8 Å². The summed E-state index contributed by atoms with van der Waals surface area (Å²) in [5, 5.41) is 2.88. The normalized spacial score (nSPS) is 37.6. The maximum absolute atomic E-state index is 12.5. The molecule has 0 aromatic rings. The fraction of sp³-hybridized carbons (Fsp3) is 0.857. The molecule has 0 radical (unpaired) electrons. The molecule has 4 nitrogen and oxygen atoms in total. The molecular weight excluding hydrogens is 228 g/mol. The van der Waals surface area contributed by atoms with Gasteiger partial charge in [0, 0.05) is 6.04 Å². The summed E-state index contributed by atoms with van der Waals surface area (Å²) in [5.74, 6) is 1.30. The molecular formula is C14H22N2O2. The maximum Gasteiger partial charge on any atom is 0.246 e. The standard InChI is InChI=1S/C14H22N2O2/c1-9-3-2-4-11(7-9)16-8-12(17)15-13(14(16)18)10-5-6-10/h9-11,13H,2-8H2,1H3,(H,15,17). The molecule has 18 heavy (non-hydrogen) atoms. The van der Waals surface area contributed by atoms with Gasteiger partial charge in [0.15, 0.2) is 0 Å². The van der Waals surface area contributed by atoms with Crippen molar-refractivity contribution in [3.8, 4) is 0 Å². The summed E-state index contributed by atoms with van der Waals surface area (Å²) in [4.78, 5) is 26.1. The van der Waals surface area contributed by atoms with E-state index < -0.39 is 0 Å². The van der Waals surface area contributed by atoms with E-state index in [0.717, 1.165) is 25.7 Å². The van der Waals surface area contributed by atoms with E-state index in [2.05, 4.69) is 12.2 Å². The van der Waals surface area contributed by atoms with Crippen molar-refractivity contribution < 1.29 is 9.59 Å². The van der Waals surface area contributed by atoms with Crippen molar-refractivity contribution in [2.24, 2.45) is 11.8 Å². The van der Waals surface area contributed by atoms with Crippen molar-refractivity contribution in [3.63, 3.8) is 0 Å². The molecule has 3 unspecified atom stereocenters. The fourth-order valence-electron chi connectivity index (χ4n) is 3.44. The van der Waals surface area contributed by atoms with E-state index in [1.165, 1.54) is 12.8 Å². The Morgan fingerprint density at radius 1 is 1.17 bits per heavy atom. The molecule has 4 heteroatoms. The Kier molecular flexibility index (Phi) is 3.04. The van der Waals surface area contributed by atoms with Crippen LogP contribution >= 0.6 is 0 Å². The van der Waals surface area contributed by atoms with Crippen LogP contribution in [0.5, 0.6) is 0 Å². The summed E-state index contributed by atoms with van der Waals surface area (Å²) >= 11 is 0. The Hall–Kier alpha value is -1.06. The van der Waals surface area contributed by atoms with Crippen LogP contribution in [0.25, 0.3) is 0 Å². The van der Waals surface area contributed by atoms with Gasteiger partial charge in [-0.15, -0.1) is 0 Å². The number of amides is 2. The van der Waals surface area contributed by atoms with Gasteiger partial charge >= 0.3 is 0 Å². The third-order valence-electron chi connectivity index (χ3n) is 4.62. The molecule has 0 aromatic heterocycles. The minimum absolute atomic E-state index is 0.0322. The molecule has 1 saturated heterocycles. The van der Waals surface area contributed by atoms with Gasteiger partial charge in [-0.3, -0.25) is 9.59 Å². The number of nitrogens with one attached hydrogen (secondary N) is 1. The Balaban J connectivity index is 1.72. The second-order valence-corrected chi connectivity index (χ2v) is 6.27. The van der Waals surface area contributed by atoms with Crippen LogP contribution in [-0.2, 0) is 9.59 Å². The molecule has 1 aliphatic heterocycles. The molecule has 100 valence electrons. The average Bonchev–Trinajstić information content (AvgIpc) is 3.16. The predicted molar refractivity (Wildman–Crippen MR) is 67.8 cm³/mol. The van der Waals surface area contributed by atoms with E-state index in [1.54, 1.807) is 0 Å². The van der Waals surface area contributed by atoms with E-state index in [1.807, 2.05) is 4.90 Å². The van der Waals surface area contributed by atoms with Crippen LogP contribution in [0.2, 0.25) is 0 Å².